The number of allylic oxidation sites excluding steroid dienone is 1. The molecule has 1 saturated carbocycles. The Kier molecular flexibility index (Phi) is 7.00. The maximum absolute atomic E-state index is 11.4. The zero-order valence-electron chi connectivity index (χ0n) is 14.9. The smallest absolute Gasteiger partial charge is 0.274 e. The Balaban J connectivity index is 1.71. The van der Waals surface area contributed by atoms with Gasteiger partial charge in [0.05, 0.1) is 0 Å². The van der Waals surface area contributed by atoms with Gasteiger partial charge in [0.2, 0.25) is 0 Å². The van der Waals surface area contributed by atoms with Crippen LogP contribution in [0.25, 0.3) is 0 Å². The maximum Gasteiger partial charge on any atom is 0.274 e. The van der Waals surface area contributed by atoms with Crippen LogP contribution in [0.2, 0.25) is 0 Å². The van der Waals surface area contributed by atoms with Gasteiger partial charge in [-0.05, 0) is 80.7 Å². The van der Waals surface area contributed by atoms with Crippen molar-refractivity contribution in [1.29, 1.82) is 0 Å². The lowest BCUT2D eigenvalue weighted by molar-refractivity contribution is 0.0706. The minimum absolute atomic E-state index is 0.471. The molecular formula is C20H30N2O2. The summed E-state index contributed by atoms with van der Waals surface area (Å²) in [6.07, 6.45) is 6.21. The zero-order chi connectivity index (χ0) is 17.5. The Morgan fingerprint density at radius 3 is 2.83 bits per heavy atom. The molecule has 1 amide bonds. The lowest BCUT2D eigenvalue weighted by Crippen LogP contribution is -2.20. The first-order chi connectivity index (χ1) is 11.5. The molecule has 0 saturated heterocycles. The van der Waals surface area contributed by atoms with Crippen molar-refractivity contribution in [1.82, 2.24) is 10.8 Å². The number of hydrogen-bond acceptors (Lipinski definition) is 3. The molecule has 4 heteroatoms. The summed E-state index contributed by atoms with van der Waals surface area (Å²) in [7, 11) is 0. The molecule has 1 aliphatic carbocycles. The first kappa shape index (κ1) is 18.7. The van der Waals surface area contributed by atoms with E-state index in [1.165, 1.54) is 43.2 Å². The third kappa shape index (κ3) is 5.46. The Bertz CT molecular complexity index is 583. The van der Waals surface area contributed by atoms with E-state index in [-0.39, 0.29) is 0 Å². The predicted molar refractivity (Wildman–Crippen MR) is 97.0 cm³/mol. The highest BCUT2D eigenvalue weighted by molar-refractivity contribution is 5.93. The summed E-state index contributed by atoms with van der Waals surface area (Å²) in [6, 6.07) is 5.49. The second-order valence-electron chi connectivity index (χ2n) is 7.27. The molecule has 2 rings (SSSR count). The van der Waals surface area contributed by atoms with E-state index in [9.17, 15) is 4.79 Å². The molecule has 1 aliphatic rings. The molecule has 4 nitrogen and oxygen atoms in total. The van der Waals surface area contributed by atoms with Crippen molar-refractivity contribution in [2.24, 2.45) is 11.8 Å². The second kappa shape index (κ2) is 9.00. The van der Waals surface area contributed by atoms with Gasteiger partial charge in [-0.3, -0.25) is 10.0 Å². The van der Waals surface area contributed by atoms with Gasteiger partial charge >= 0.3 is 0 Å². The van der Waals surface area contributed by atoms with Crippen LogP contribution in [-0.4, -0.2) is 17.7 Å². The number of benzene rings is 1. The fourth-order valence-corrected chi connectivity index (χ4v) is 3.78. The summed E-state index contributed by atoms with van der Waals surface area (Å²) in [4.78, 5) is 11.4. The molecule has 0 spiro atoms. The van der Waals surface area contributed by atoms with Gasteiger partial charge < -0.3 is 5.32 Å². The van der Waals surface area contributed by atoms with Crippen molar-refractivity contribution in [3.05, 3.63) is 47.0 Å². The number of rotatable bonds is 7. The molecule has 0 heterocycles. The molecule has 1 fully saturated rings. The molecule has 2 unspecified atom stereocenters. The van der Waals surface area contributed by atoms with Crippen molar-refractivity contribution < 1.29 is 10.0 Å². The van der Waals surface area contributed by atoms with Crippen molar-refractivity contribution in [3.63, 3.8) is 0 Å². The van der Waals surface area contributed by atoms with Gasteiger partial charge in [0.25, 0.3) is 5.91 Å². The quantitative estimate of drug-likeness (QED) is 0.307. The fraction of sp³-hybridized carbons (Fsp3) is 0.550. The first-order valence-corrected chi connectivity index (χ1v) is 8.91. The molecule has 1 aromatic rings. The van der Waals surface area contributed by atoms with Crippen molar-refractivity contribution in [2.45, 2.75) is 52.5 Å². The maximum atomic E-state index is 11.4. The normalized spacial score (nSPS) is 20.9. The average molecular weight is 330 g/mol. The Morgan fingerprint density at radius 1 is 1.38 bits per heavy atom. The van der Waals surface area contributed by atoms with Gasteiger partial charge in [-0.25, -0.2) is 5.48 Å². The van der Waals surface area contributed by atoms with Crippen LogP contribution in [0.15, 0.2) is 30.4 Å². The monoisotopic (exact) mass is 330 g/mol. The molecule has 1 aromatic carbocycles. The fourth-order valence-electron chi connectivity index (χ4n) is 3.78. The van der Waals surface area contributed by atoms with Crippen LogP contribution >= 0.6 is 0 Å². The largest absolute Gasteiger partial charge is 0.313 e. The van der Waals surface area contributed by atoms with E-state index in [1.807, 2.05) is 13.0 Å². The summed E-state index contributed by atoms with van der Waals surface area (Å²) < 4.78 is 0. The van der Waals surface area contributed by atoms with Crippen molar-refractivity contribution in [2.75, 3.05) is 6.54 Å². The van der Waals surface area contributed by atoms with Crippen molar-refractivity contribution >= 4 is 5.91 Å². The van der Waals surface area contributed by atoms with E-state index in [0.717, 1.165) is 30.5 Å². The molecule has 0 bridgehead atoms. The van der Waals surface area contributed by atoms with Gasteiger partial charge in [-0.1, -0.05) is 25.1 Å². The van der Waals surface area contributed by atoms with Crippen LogP contribution < -0.4 is 10.8 Å². The van der Waals surface area contributed by atoms with Crippen LogP contribution in [0.4, 0.5) is 0 Å². The van der Waals surface area contributed by atoms with Gasteiger partial charge in [0.1, 0.15) is 0 Å². The number of nitrogens with one attached hydrogen (secondary N) is 2. The molecule has 2 atom stereocenters. The van der Waals surface area contributed by atoms with Gasteiger partial charge in [0.15, 0.2) is 0 Å². The topological polar surface area (TPSA) is 61.4 Å². The third-order valence-electron chi connectivity index (χ3n) is 4.94. The molecule has 0 aromatic heterocycles. The predicted octanol–water partition coefficient (Wildman–Crippen LogP) is 3.98. The van der Waals surface area contributed by atoms with Gasteiger partial charge in [-0.2, -0.15) is 0 Å². The number of amides is 1. The van der Waals surface area contributed by atoms with E-state index in [4.69, 9.17) is 5.21 Å². The van der Waals surface area contributed by atoms with Gasteiger partial charge in [0, 0.05) is 12.1 Å². The Hall–Kier alpha value is -1.65. The number of hydrogen-bond donors (Lipinski definition) is 3. The lowest BCUT2D eigenvalue weighted by atomic mass is 9.78. The van der Waals surface area contributed by atoms with E-state index < -0.39 is 5.91 Å². The molecular weight excluding hydrogens is 300 g/mol. The molecule has 3 N–H and O–H groups in total. The minimum Gasteiger partial charge on any atom is -0.313 e. The second-order valence-corrected chi connectivity index (χ2v) is 7.27. The molecule has 0 aliphatic heterocycles. The van der Waals surface area contributed by atoms with Crippen LogP contribution in [0.3, 0.4) is 0 Å². The Labute approximate surface area is 145 Å². The van der Waals surface area contributed by atoms with E-state index in [0.29, 0.717) is 5.56 Å². The van der Waals surface area contributed by atoms with E-state index in [2.05, 4.69) is 18.8 Å². The molecule has 132 valence electrons. The highest BCUT2D eigenvalue weighted by Gasteiger charge is 2.20. The first-order valence-electron chi connectivity index (χ1n) is 8.91. The van der Waals surface area contributed by atoms with E-state index in [1.54, 1.807) is 17.6 Å². The van der Waals surface area contributed by atoms with Crippen LogP contribution in [-0.2, 0) is 6.54 Å². The SMILES string of the molecule is C=C1CC(C)CC(CCCNCc2ccc(C(=O)NO)cc2C)C1. The number of carbonyl (C=O) groups excluding carboxylic acids is 1. The Morgan fingerprint density at radius 2 is 2.17 bits per heavy atom. The number of carbonyl (C=O) groups is 1. The minimum atomic E-state index is -0.471. The van der Waals surface area contributed by atoms with Crippen molar-refractivity contribution in [3.8, 4) is 0 Å². The number of hydroxylamine groups is 1. The average Bonchev–Trinajstić information content (AvgIpc) is 2.54. The molecule has 0 radical (unpaired) electrons. The standard InChI is InChI=1S/C20H30N2O2/c1-14-9-15(2)11-17(10-14)5-4-8-21-13-19-7-6-18(12-16(19)3)20(23)22-24/h6-7,12,15,17,21,24H,1,4-5,8-11,13H2,2-3H3,(H,22,23). The van der Waals surface area contributed by atoms with Crippen LogP contribution in [0, 0.1) is 18.8 Å². The molecule has 24 heavy (non-hydrogen) atoms. The summed E-state index contributed by atoms with van der Waals surface area (Å²) in [6.45, 7) is 10.3. The van der Waals surface area contributed by atoms with Gasteiger partial charge in [-0.15, -0.1) is 0 Å². The highest BCUT2D eigenvalue weighted by atomic mass is 16.5. The lowest BCUT2D eigenvalue weighted by Gasteiger charge is -2.28. The summed E-state index contributed by atoms with van der Waals surface area (Å²) in [5.41, 5.74) is 5.81. The van der Waals surface area contributed by atoms with E-state index >= 15 is 0 Å². The zero-order valence-corrected chi connectivity index (χ0v) is 14.9. The highest BCUT2D eigenvalue weighted by Crippen LogP contribution is 2.34. The summed E-state index contributed by atoms with van der Waals surface area (Å²) in [5.74, 6) is 1.13. The summed E-state index contributed by atoms with van der Waals surface area (Å²) >= 11 is 0. The van der Waals surface area contributed by atoms with Crippen LogP contribution in [0.1, 0.15) is 60.5 Å². The third-order valence-corrected chi connectivity index (χ3v) is 4.94. The van der Waals surface area contributed by atoms with Crippen LogP contribution in [0.5, 0.6) is 0 Å². The summed E-state index contributed by atoms with van der Waals surface area (Å²) in [5, 5.41) is 12.2. The number of aryl methyl sites for hydroxylation is 1.